The molecule has 0 aromatic rings. The van der Waals surface area contributed by atoms with Crippen molar-refractivity contribution in [3.8, 4) is 0 Å². The molecule has 0 aromatic carbocycles. The Labute approximate surface area is 139 Å². The second-order valence-corrected chi connectivity index (χ2v) is 6.77. The first-order valence-electron chi connectivity index (χ1n) is 8.74. The van der Waals surface area contributed by atoms with Crippen molar-refractivity contribution in [2.45, 2.75) is 89.3 Å². The molecular formula is C18H30O5. The summed E-state index contributed by atoms with van der Waals surface area (Å²) in [6, 6.07) is 0. The summed E-state index contributed by atoms with van der Waals surface area (Å²) in [6.45, 7) is 4.16. The monoisotopic (exact) mass is 326 g/mol. The van der Waals surface area contributed by atoms with Crippen LogP contribution in [-0.2, 0) is 19.0 Å². The zero-order valence-electron chi connectivity index (χ0n) is 14.5. The van der Waals surface area contributed by atoms with Crippen molar-refractivity contribution in [1.82, 2.24) is 0 Å². The van der Waals surface area contributed by atoms with Crippen LogP contribution in [0.1, 0.15) is 58.8 Å². The lowest BCUT2D eigenvalue weighted by molar-refractivity contribution is -0.162. The molecule has 1 N–H and O–H groups in total. The maximum atomic E-state index is 12.2. The minimum atomic E-state index is -0.591. The predicted molar refractivity (Wildman–Crippen MR) is 87.1 cm³/mol. The highest BCUT2D eigenvalue weighted by Crippen LogP contribution is 2.27. The Morgan fingerprint density at radius 1 is 1.35 bits per heavy atom. The van der Waals surface area contributed by atoms with Crippen LogP contribution in [0.15, 0.2) is 11.6 Å². The lowest BCUT2D eigenvalue weighted by Gasteiger charge is -2.34. The lowest BCUT2D eigenvalue weighted by atomic mass is 9.95. The highest BCUT2D eigenvalue weighted by molar-refractivity contribution is 5.70. The minimum absolute atomic E-state index is 0.0417. The van der Waals surface area contributed by atoms with E-state index in [0.29, 0.717) is 12.8 Å². The summed E-state index contributed by atoms with van der Waals surface area (Å²) >= 11 is 0. The van der Waals surface area contributed by atoms with E-state index >= 15 is 0 Å². The SMILES string of the molecule is CCC[C@H]1C[C@H](OC)C/C(C)=C\[C@H]2CC[C@H](O)[C@@H](CC(=O)O1)O2. The van der Waals surface area contributed by atoms with E-state index in [1.807, 2.05) is 0 Å². The van der Waals surface area contributed by atoms with Gasteiger partial charge in [-0.15, -0.1) is 0 Å². The topological polar surface area (TPSA) is 65.0 Å². The lowest BCUT2D eigenvalue weighted by Crippen LogP contribution is -2.40. The van der Waals surface area contributed by atoms with Crippen LogP contribution >= 0.6 is 0 Å². The molecule has 5 atom stereocenters. The third-order valence-electron chi connectivity index (χ3n) is 4.68. The van der Waals surface area contributed by atoms with Crippen LogP contribution in [-0.4, -0.2) is 48.7 Å². The predicted octanol–water partition coefficient (Wildman–Crippen LogP) is 2.75. The number of carbonyl (C=O) groups excluding carboxylic acids is 1. The van der Waals surface area contributed by atoms with Crippen LogP contribution in [0.25, 0.3) is 0 Å². The first-order chi connectivity index (χ1) is 11.0. The van der Waals surface area contributed by atoms with Crippen LogP contribution in [0, 0.1) is 0 Å². The number of ether oxygens (including phenoxy) is 3. The highest BCUT2D eigenvalue weighted by atomic mass is 16.6. The molecule has 0 amide bonds. The number of hydrogen-bond donors (Lipinski definition) is 1. The number of cyclic esters (lactones) is 1. The van der Waals surface area contributed by atoms with Gasteiger partial charge in [0.2, 0.25) is 0 Å². The molecular weight excluding hydrogens is 296 g/mol. The summed E-state index contributed by atoms with van der Waals surface area (Å²) in [6.07, 6.45) is 5.76. The average Bonchev–Trinajstić information content (AvgIpc) is 2.49. The number of rotatable bonds is 3. The molecule has 2 bridgehead atoms. The highest BCUT2D eigenvalue weighted by Gasteiger charge is 2.32. The standard InChI is InChI=1S/C18H30O5/c1-4-5-13-10-15(21-3)9-12(2)8-14-6-7-16(19)17(22-14)11-18(20)23-13/h8,13-17,19H,4-7,9-11H2,1-3H3/b12-8-/t13-,14+,15+,16-,17+/m0/s1. The molecule has 2 aliphatic rings. The Morgan fingerprint density at radius 3 is 2.83 bits per heavy atom. The zero-order chi connectivity index (χ0) is 16.8. The van der Waals surface area contributed by atoms with Gasteiger partial charge >= 0.3 is 5.97 Å². The van der Waals surface area contributed by atoms with Crippen molar-refractivity contribution in [1.29, 1.82) is 0 Å². The molecule has 5 nitrogen and oxygen atoms in total. The summed E-state index contributed by atoms with van der Waals surface area (Å²) < 4.78 is 17.1. The van der Waals surface area contributed by atoms with E-state index < -0.39 is 12.2 Å². The van der Waals surface area contributed by atoms with Crippen LogP contribution < -0.4 is 0 Å². The van der Waals surface area contributed by atoms with Gasteiger partial charge in [-0.25, -0.2) is 0 Å². The summed E-state index contributed by atoms with van der Waals surface area (Å²) in [4.78, 5) is 12.2. The number of methoxy groups -OCH3 is 1. The van der Waals surface area contributed by atoms with Crippen LogP contribution in [0.3, 0.4) is 0 Å². The van der Waals surface area contributed by atoms with E-state index in [4.69, 9.17) is 14.2 Å². The van der Waals surface area contributed by atoms with E-state index in [2.05, 4.69) is 19.9 Å². The Bertz CT molecular complexity index is 420. The maximum absolute atomic E-state index is 12.2. The number of fused-ring (bicyclic) bond motifs is 2. The quantitative estimate of drug-likeness (QED) is 0.638. The van der Waals surface area contributed by atoms with Crippen LogP contribution in [0.5, 0.6) is 0 Å². The van der Waals surface area contributed by atoms with Gasteiger partial charge < -0.3 is 19.3 Å². The Hall–Kier alpha value is -0.910. The van der Waals surface area contributed by atoms with E-state index in [1.54, 1.807) is 7.11 Å². The fourth-order valence-electron chi connectivity index (χ4n) is 3.46. The third kappa shape index (κ3) is 5.59. The van der Waals surface area contributed by atoms with Crippen molar-refractivity contribution in [2.75, 3.05) is 7.11 Å². The fourth-order valence-corrected chi connectivity index (χ4v) is 3.46. The number of esters is 1. The molecule has 2 heterocycles. The average molecular weight is 326 g/mol. The number of aliphatic hydroxyl groups is 1. The molecule has 5 heteroatoms. The molecule has 2 aliphatic heterocycles. The molecule has 0 aromatic heterocycles. The van der Waals surface area contributed by atoms with E-state index in [9.17, 15) is 9.90 Å². The van der Waals surface area contributed by atoms with Crippen molar-refractivity contribution in [3.05, 3.63) is 11.6 Å². The maximum Gasteiger partial charge on any atom is 0.308 e. The van der Waals surface area contributed by atoms with Gasteiger partial charge in [0.25, 0.3) is 0 Å². The van der Waals surface area contributed by atoms with Crippen molar-refractivity contribution >= 4 is 5.97 Å². The Morgan fingerprint density at radius 2 is 2.13 bits per heavy atom. The zero-order valence-corrected chi connectivity index (χ0v) is 14.5. The Kier molecular flexibility index (Phi) is 7.06. The number of hydrogen-bond acceptors (Lipinski definition) is 5. The number of aliphatic hydroxyl groups excluding tert-OH is 1. The van der Waals surface area contributed by atoms with Crippen LogP contribution in [0.2, 0.25) is 0 Å². The largest absolute Gasteiger partial charge is 0.462 e. The summed E-state index contributed by atoms with van der Waals surface area (Å²) in [5.41, 5.74) is 1.22. The van der Waals surface area contributed by atoms with Gasteiger partial charge in [0.15, 0.2) is 0 Å². The third-order valence-corrected chi connectivity index (χ3v) is 4.68. The van der Waals surface area contributed by atoms with Crippen molar-refractivity contribution in [3.63, 3.8) is 0 Å². The van der Waals surface area contributed by atoms with Gasteiger partial charge in [0, 0.05) is 13.5 Å². The van der Waals surface area contributed by atoms with Gasteiger partial charge in [0.1, 0.15) is 6.10 Å². The first-order valence-corrected chi connectivity index (χ1v) is 8.74. The molecule has 1 saturated heterocycles. The minimum Gasteiger partial charge on any atom is -0.462 e. The smallest absolute Gasteiger partial charge is 0.308 e. The van der Waals surface area contributed by atoms with Gasteiger partial charge in [-0.2, -0.15) is 0 Å². The van der Waals surface area contributed by atoms with Gasteiger partial charge in [-0.05, 0) is 32.6 Å². The normalized spacial score (nSPS) is 38.7. The molecule has 0 radical (unpaired) electrons. The molecule has 0 aliphatic carbocycles. The van der Waals surface area contributed by atoms with Crippen LogP contribution in [0.4, 0.5) is 0 Å². The second kappa shape index (κ2) is 8.81. The van der Waals surface area contributed by atoms with Crippen molar-refractivity contribution < 1.29 is 24.1 Å². The van der Waals surface area contributed by atoms with Gasteiger partial charge in [0.05, 0.1) is 30.8 Å². The van der Waals surface area contributed by atoms with E-state index in [0.717, 1.165) is 25.7 Å². The number of carbonyl (C=O) groups is 1. The van der Waals surface area contributed by atoms with E-state index in [1.165, 1.54) is 5.57 Å². The second-order valence-electron chi connectivity index (χ2n) is 6.77. The molecule has 0 saturated carbocycles. The summed E-state index contributed by atoms with van der Waals surface area (Å²) in [5.74, 6) is -0.288. The first kappa shape index (κ1) is 18.4. The Balaban J connectivity index is 2.17. The summed E-state index contributed by atoms with van der Waals surface area (Å²) in [5, 5.41) is 10.1. The summed E-state index contributed by atoms with van der Waals surface area (Å²) in [7, 11) is 1.71. The van der Waals surface area contributed by atoms with E-state index in [-0.39, 0.29) is 30.7 Å². The molecule has 23 heavy (non-hydrogen) atoms. The van der Waals surface area contributed by atoms with Gasteiger partial charge in [-0.1, -0.05) is 25.0 Å². The van der Waals surface area contributed by atoms with Gasteiger partial charge in [-0.3, -0.25) is 4.79 Å². The molecule has 0 spiro atoms. The fraction of sp³-hybridized carbons (Fsp3) is 0.833. The molecule has 132 valence electrons. The molecule has 2 rings (SSSR count). The molecule has 0 unspecified atom stereocenters. The molecule has 1 fully saturated rings. The van der Waals surface area contributed by atoms with Crippen molar-refractivity contribution in [2.24, 2.45) is 0 Å².